The first kappa shape index (κ1) is 21.1. The predicted octanol–water partition coefficient (Wildman–Crippen LogP) is 0.681. The van der Waals surface area contributed by atoms with E-state index in [2.05, 4.69) is 10.0 Å². The molecule has 0 radical (unpaired) electrons. The number of hydrogen-bond donors (Lipinski definition) is 2. The molecular weight excluding hydrogens is 348 g/mol. The number of sulfonamides is 1. The summed E-state index contributed by atoms with van der Waals surface area (Å²) in [6, 6.07) is 5.17. The van der Waals surface area contributed by atoms with Crippen molar-refractivity contribution >= 4 is 21.9 Å². The van der Waals surface area contributed by atoms with Crippen LogP contribution in [0, 0.1) is 0 Å². The fraction of sp³-hybridized carbons (Fsp3) is 0.500. The molecule has 0 fully saturated rings. The summed E-state index contributed by atoms with van der Waals surface area (Å²) in [5.41, 5.74) is 0.0446. The largest absolute Gasteiger partial charge is 0.449 e. The van der Waals surface area contributed by atoms with Crippen LogP contribution in [0.3, 0.4) is 0 Å². The number of amides is 1. The number of benzene rings is 1. The summed E-state index contributed by atoms with van der Waals surface area (Å²) >= 11 is 0. The van der Waals surface area contributed by atoms with E-state index >= 15 is 0 Å². The highest BCUT2D eigenvalue weighted by Crippen LogP contribution is 2.13. The Balaban J connectivity index is 2.80. The van der Waals surface area contributed by atoms with Gasteiger partial charge in [0, 0.05) is 19.7 Å². The first-order valence-corrected chi connectivity index (χ1v) is 9.25. The Kier molecular flexibility index (Phi) is 8.01. The van der Waals surface area contributed by atoms with Crippen LogP contribution in [0.1, 0.15) is 31.1 Å². The first-order chi connectivity index (χ1) is 11.7. The predicted molar refractivity (Wildman–Crippen MR) is 91.7 cm³/mol. The van der Waals surface area contributed by atoms with E-state index in [1.165, 1.54) is 38.3 Å². The summed E-state index contributed by atoms with van der Waals surface area (Å²) < 4.78 is 36.6. The van der Waals surface area contributed by atoms with Crippen molar-refractivity contribution in [3.05, 3.63) is 29.8 Å². The zero-order valence-electron chi connectivity index (χ0n) is 14.7. The first-order valence-electron chi connectivity index (χ1n) is 7.77. The molecule has 25 heavy (non-hydrogen) atoms. The van der Waals surface area contributed by atoms with Crippen molar-refractivity contribution in [2.45, 2.75) is 37.8 Å². The SMILES string of the molecule is COCCNC(=O)[C@H](C)OC(=O)c1cccc(S(=O)(=O)NC(C)C)c1. The molecule has 1 aromatic carbocycles. The van der Waals surface area contributed by atoms with Crippen molar-refractivity contribution in [1.82, 2.24) is 10.0 Å². The fourth-order valence-electron chi connectivity index (χ4n) is 1.87. The number of ether oxygens (including phenoxy) is 2. The molecule has 0 unspecified atom stereocenters. The third-order valence-corrected chi connectivity index (χ3v) is 4.69. The molecule has 1 aromatic rings. The number of esters is 1. The number of carbonyl (C=O) groups excluding carboxylic acids is 2. The van der Waals surface area contributed by atoms with Crippen LogP contribution in [0.5, 0.6) is 0 Å². The van der Waals surface area contributed by atoms with E-state index in [0.29, 0.717) is 13.2 Å². The maximum Gasteiger partial charge on any atom is 0.338 e. The van der Waals surface area contributed by atoms with Gasteiger partial charge in [0.2, 0.25) is 10.0 Å². The summed E-state index contributed by atoms with van der Waals surface area (Å²) in [4.78, 5) is 23.9. The lowest BCUT2D eigenvalue weighted by Gasteiger charge is -2.14. The zero-order chi connectivity index (χ0) is 19.0. The van der Waals surface area contributed by atoms with Crippen molar-refractivity contribution in [2.75, 3.05) is 20.3 Å². The molecule has 0 aliphatic carbocycles. The average Bonchev–Trinajstić information content (AvgIpc) is 2.53. The molecule has 0 saturated carbocycles. The normalized spacial score (nSPS) is 12.7. The number of rotatable bonds is 9. The number of hydrogen-bond acceptors (Lipinski definition) is 6. The van der Waals surface area contributed by atoms with E-state index < -0.39 is 28.0 Å². The third kappa shape index (κ3) is 6.81. The topological polar surface area (TPSA) is 111 Å². The molecule has 8 nitrogen and oxygen atoms in total. The van der Waals surface area contributed by atoms with E-state index in [0.717, 1.165) is 0 Å². The smallest absolute Gasteiger partial charge is 0.338 e. The molecule has 1 rings (SSSR count). The van der Waals surface area contributed by atoms with Gasteiger partial charge >= 0.3 is 5.97 Å². The molecular formula is C16H24N2O6S. The Labute approximate surface area is 147 Å². The van der Waals surface area contributed by atoms with Crippen LogP contribution in [0.25, 0.3) is 0 Å². The van der Waals surface area contributed by atoms with Gasteiger partial charge in [0.25, 0.3) is 5.91 Å². The molecule has 1 atom stereocenters. The highest BCUT2D eigenvalue weighted by molar-refractivity contribution is 7.89. The van der Waals surface area contributed by atoms with Crippen LogP contribution in [0.15, 0.2) is 29.2 Å². The van der Waals surface area contributed by atoms with Gasteiger partial charge in [-0.3, -0.25) is 4.79 Å². The van der Waals surface area contributed by atoms with Gasteiger partial charge in [0.05, 0.1) is 17.1 Å². The van der Waals surface area contributed by atoms with Crippen molar-refractivity contribution in [3.63, 3.8) is 0 Å². The summed E-state index contributed by atoms with van der Waals surface area (Å²) in [5.74, 6) is -1.24. The molecule has 0 bridgehead atoms. The highest BCUT2D eigenvalue weighted by Gasteiger charge is 2.21. The second-order valence-corrected chi connectivity index (χ2v) is 7.35. The highest BCUT2D eigenvalue weighted by atomic mass is 32.2. The van der Waals surface area contributed by atoms with E-state index in [1.54, 1.807) is 13.8 Å². The second-order valence-electron chi connectivity index (χ2n) is 5.64. The fourth-order valence-corrected chi connectivity index (χ4v) is 3.17. The Morgan fingerprint density at radius 1 is 1.20 bits per heavy atom. The maximum absolute atomic E-state index is 12.2. The number of carbonyl (C=O) groups is 2. The molecule has 140 valence electrons. The van der Waals surface area contributed by atoms with E-state index in [-0.39, 0.29) is 16.5 Å². The van der Waals surface area contributed by atoms with Crippen molar-refractivity contribution < 1.29 is 27.5 Å². The molecule has 0 aliphatic rings. The maximum atomic E-state index is 12.2. The molecule has 0 spiro atoms. The van der Waals surface area contributed by atoms with Gasteiger partial charge in [-0.25, -0.2) is 17.9 Å². The molecule has 0 aliphatic heterocycles. The van der Waals surface area contributed by atoms with Gasteiger partial charge in [-0.1, -0.05) is 6.07 Å². The van der Waals surface area contributed by atoms with E-state index in [4.69, 9.17) is 9.47 Å². The minimum Gasteiger partial charge on any atom is -0.449 e. The Morgan fingerprint density at radius 2 is 1.88 bits per heavy atom. The van der Waals surface area contributed by atoms with Gasteiger partial charge in [0.1, 0.15) is 0 Å². The van der Waals surface area contributed by atoms with Crippen molar-refractivity contribution in [1.29, 1.82) is 0 Å². The molecule has 2 N–H and O–H groups in total. The quantitative estimate of drug-likeness (QED) is 0.487. The van der Waals surface area contributed by atoms with Crippen LogP contribution < -0.4 is 10.0 Å². The van der Waals surface area contributed by atoms with Gasteiger partial charge < -0.3 is 14.8 Å². The number of methoxy groups -OCH3 is 1. The van der Waals surface area contributed by atoms with Crippen LogP contribution in [-0.4, -0.2) is 52.7 Å². The second kappa shape index (κ2) is 9.50. The van der Waals surface area contributed by atoms with E-state index in [9.17, 15) is 18.0 Å². The van der Waals surface area contributed by atoms with Crippen molar-refractivity contribution in [2.24, 2.45) is 0 Å². The Morgan fingerprint density at radius 3 is 2.48 bits per heavy atom. The van der Waals surface area contributed by atoms with Gasteiger partial charge in [0.15, 0.2) is 6.10 Å². The van der Waals surface area contributed by atoms with Crippen LogP contribution in [0.2, 0.25) is 0 Å². The average molecular weight is 372 g/mol. The Hall–Kier alpha value is -1.97. The molecule has 0 aromatic heterocycles. The lowest BCUT2D eigenvalue weighted by molar-refractivity contribution is -0.129. The summed E-state index contributed by atoms with van der Waals surface area (Å²) in [6.07, 6.45) is -1.02. The van der Waals surface area contributed by atoms with E-state index in [1.807, 2.05) is 0 Å². The summed E-state index contributed by atoms with van der Waals surface area (Å²) in [5, 5.41) is 2.55. The molecule has 9 heteroatoms. The minimum atomic E-state index is -3.73. The standard InChI is InChI=1S/C16H24N2O6S/c1-11(2)18-25(21,22)14-7-5-6-13(10-14)16(20)24-12(3)15(19)17-8-9-23-4/h5-7,10-12,18H,8-9H2,1-4H3,(H,17,19)/t12-/m0/s1. The molecule has 1 amide bonds. The minimum absolute atomic E-state index is 0.0446. The van der Waals surface area contributed by atoms with Crippen LogP contribution >= 0.6 is 0 Å². The third-order valence-electron chi connectivity index (χ3n) is 3.03. The van der Waals surface area contributed by atoms with Gasteiger partial charge in [-0.05, 0) is 39.0 Å². The van der Waals surface area contributed by atoms with Crippen LogP contribution in [0.4, 0.5) is 0 Å². The summed E-state index contributed by atoms with van der Waals surface area (Å²) in [6.45, 7) is 5.46. The van der Waals surface area contributed by atoms with Crippen molar-refractivity contribution in [3.8, 4) is 0 Å². The van der Waals surface area contributed by atoms with Gasteiger partial charge in [-0.15, -0.1) is 0 Å². The zero-order valence-corrected chi connectivity index (χ0v) is 15.6. The Bertz CT molecular complexity index is 702. The monoisotopic (exact) mass is 372 g/mol. The number of nitrogens with one attached hydrogen (secondary N) is 2. The van der Waals surface area contributed by atoms with Crippen LogP contribution in [-0.2, 0) is 24.3 Å². The summed E-state index contributed by atoms with van der Waals surface area (Å²) in [7, 11) is -2.22. The lowest BCUT2D eigenvalue weighted by Crippen LogP contribution is -2.37. The lowest BCUT2D eigenvalue weighted by atomic mass is 10.2. The van der Waals surface area contributed by atoms with Gasteiger partial charge in [-0.2, -0.15) is 0 Å². The molecule has 0 heterocycles. The molecule has 0 saturated heterocycles.